The van der Waals surface area contributed by atoms with Gasteiger partial charge in [0.05, 0.1) is 12.1 Å². The predicted octanol–water partition coefficient (Wildman–Crippen LogP) is 1.46. The molecule has 3 rings (SSSR count). The van der Waals surface area contributed by atoms with Gasteiger partial charge < -0.3 is 5.32 Å². The first-order chi connectivity index (χ1) is 8.66. The Kier molecular flexibility index (Phi) is 2.37. The second-order valence-corrected chi connectivity index (χ2v) is 4.49. The third-order valence-corrected chi connectivity index (χ3v) is 3.33. The maximum atomic E-state index is 11.9. The van der Waals surface area contributed by atoms with Gasteiger partial charge in [-0.25, -0.2) is 0 Å². The highest BCUT2D eigenvalue weighted by Gasteiger charge is 2.30. The van der Waals surface area contributed by atoms with E-state index in [2.05, 4.69) is 5.32 Å². The molecule has 0 atom stereocenters. The first kappa shape index (κ1) is 10.9. The summed E-state index contributed by atoms with van der Waals surface area (Å²) in [5.41, 5.74) is 2.52. The van der Waals surface area contributed by atoms with Crippen LogP contribution < -0.4 is 5.32 Å². The maximum absolute atomic E-state index is 11.9. The summed E-state index contributed by atoms with van der Waals surface area (Å²) in [7, 11) is 0. The van der Waals surface area contributed by atoms with Gasteiger partial charge in [0.2, 0.25) is 0 Å². The Bertz CT molecular complexity index is 613. The maximum Gasteiger partial charge on any atom is 0.256 e. The molecule has 1 N–H and O–H groups in total. The molecule has 1 heterocycles. The van der Waals surface area contributed by atoms with Crippen LogP contribution in [-0.4, -0.2) is 17.5 Å². The van der Waals surface area contributed by atoms with Crippen molar-refractivity contribution in [2.75, 3.05) is 0 Å². The molecule has 1 saturated carbocycles. The van der Waals surface area contributed by atoms with E-state index in [0.29, 0.717) is 29.7 Å². The van der Waals surface area contributed by atoms with Crippen molar-refractivity contribution in [1.82, 2.24) is 5.32 Å². The molecule has 1 amide bonds. The summed E-state index contributed by atoms with van der Waals surface area (Å²) >= 11 is 0. The molecular weight excluding hydrogens is 230 g/mol. The summed E-state index contributed by atoms with van der Waals surface area (Å²) in [5, 5.41) is 2.74. The summed E-state index contributed by atoms with van der Waals surface area (Å²) in [4.78, 5) is 34.9. The topological polar surface area (TPSA) is 63.2 Å². The number of fused-ring (bicyclic) bond motifs is 1. The zero-order chi connectivity index (χ0) is 12.7. The summed E-state index contributed by atoms with van der Waals surface area (Å²) < 4.78 is 0. The molecule has 2 aliphatic rings. The van der Waals surface area contributed by atoms with E-state index < -0.39 is 0 Å². The lowest BCUT2D eigenvalue weighted by atomic mass is 9.89. The number of nitrogens with one attached hydrogen (secondary N) is 1. The Morgan fingerprint density at radius 2 is 1.67 bits per heavy atom. The van der Waals surface area contributed by atoms with Crippen molar-refractivity contribution in [1.29, 1.82) is 0 Å². The molecule has 4 nitrogen and oxygen atoms in total. The lowest BCUT2D eigenvalue weighted by molar-refractivity contribution is -0.126. The average molecular weight is 241 g/mol. The molecule has 0 bridgehead atoms. The van der Waals surface area contributed by atoms with Crippen molar-refractivity contribution in [3.63, 3.8) is 0 Å². The average Bonchev–Trinajstić information content (AvgIpc) is 2.68. The van der Waals surface area contributed by atoms with Gasteiger partial charge in [-0.3, -0.25) is 14.4 Å². The van der Waals surface area contributed by atoms with Gasteiger partial charge in [0.15, 0.2) is 5.78 Å². The van der Waals surface area contributed by atoms with Gasteiger partial charge in [0.25, 0.3) is 5.91 Å². The van der Waals surface area contributed by atoms with Crippen LogP contribution in [0.5, 0.6) is 0 Å². The van der Waals surface area contributed by atoms with Crippen molar-refractivity contribution in [3.8, 4) is 0 Å². The highest BCUT2D eigenvalue weighted by Crippen LogP contribution is 2.31. The van der Waals surface area contributed by atoms with Gasteiger partial charge >= 0.3 is 0 Å². The van der Waals surface area contributed by atoms with E-state index >= 15 is 0 Å². The van der Waals surface area contributed by atoms with Crippen molar-refractivity contribution >= 4 is 23.2 Å². The number of hydrogen-bond donors (Lipinski definition) is 1. The number of allylic oxidation sites excluding steroid dienone is 1. The Morgan fingerprint density at radius 1 is 0.944 bits per heavy atom. The van der Waals surface area contributed by atoms with E-state index in [-0.39, 0.29) is 23.9 Å². The number of amides is 1. The number of carbonyl (C=O) groups excluding carboxylic acids is 3. The Morgan fingerprint density at radius 3 is 2.39 bits per heavy atom. The molecule has 0 spiro atoms. The van der Waals surface area contributed by atoms with Gasteiger partial charge in [-0.05, 0) is 12.5 Å². The van der Waals surface area contributed by atoms with Crippen molar-refractivity contribution < 1.29 is 14.4 Å². The molecule has 1 aliphatic carbocycles. The number of ketones is 2. The zero-order valence-corrected chi connectivity index (χ0v) is 9.66. The van der Waals surface area contributed by atoms with Gasteiger partial charge in [-0.15, -0.1) is 0 Å². The predicted molar refractivity (Wildman–Crippen MR) is 64.7 cm³/mol. The largest absolute Gasteiger partial charge is 0.321 e. The second-order valence-electron chi connectivity index (χ2n) is 4.49. The van der Waals surface area contributed by atoms with Crippen molar-refractivity contribution in [2.45, 2.75) is 19.3 Å². The standard InChI is InChI=1S/C14H11NO3/c16-8-5-6-11(12(17)7-8)13-9-3-1-2-4-10(9)14(18)15-13/h1-4H,5-7H2,(H,15,18)/b13-11-. The molecule has 0 saturated heterocycles. The summed E-state index contributed by atoms with van der Waals surface area (Å²) in [6, 6.07) is 7.17. The molecular formula is C14H11NO3. The minimum Gasteiger partial charge on any atom is -0.321 e. The van der Waals surface area contributed by atoms with E-state index in [4.69, 9.17) is 0 Å². The van der Waals surface area contributed by atoms with Crippen molar-refractivity contribution in [3.05, 3.63) is 41.0 Å². The number of Topliss-reactive ketones (excluding diaryl/α,β-unsaturated/α-hetero) is 2. The minimum absolute atomic E-state index is 0.0260. The van der Waals surface area contributed by atoms with Crippen LogP contribution in [-0.2, 0) is 9.59 Å². The zero-order valence-electron chi connectivity index (χ0n) is 9.66. The Hall–Kier alpha value is -2.23. The lowest BCUT2D eigenvalue weighted by Crippen LogP contribution is -2.22. The number of rotatable bonds is 0. The highest BCUT2D eigenvalue weighted by molar-refractivity contribution is 6.18. The molecule has 1 aromatic carbocycles. The number of benzene rings is 1. The quantitative estimate of drug-likeness (QED) is 0.552. The van der Waals surface area contributed by atoms with E-state index in [9.17, 15) is 14.4 Å². The fourth-order valence-corrected chi connectivity index (χ4v) is 2.43. The van der Waals surface area contributed by atoms with Crippen LogP contribution in [0.3, 0.4) is 0 Å². The molecule has 18 heavy (non-hydrogen) atoms. The van der Waals surface area contributed by atoms with Gasteiger partial charge in [-0.1, -0.05) is 18.2 Å². The van der Waals surface area contributed by atoms with Gasteiger partial charge in [-0.2, -0.15) is 0 Å². The minimum atomic E-state index is -0.183. The normalized spacial score (nSPS) is 23.0. The van der Waals surface area contributed by atoms with Gasteiger partial charge in [0.1, 0.15) is 5.78 Å². The molecule has 90 valence electrons. The molecule has 1 fully saturated rings. The van der Waals surface area contributed by atoms with Gasteiger partial charge in [0, 0.05) is 23.1 Å². The molecule has 0 unspecified atom stereocenters. The summed E-state index contributed by atoms with van der Waals surface area (Å²) in [6.45, 7) is 0. The SMILES string of the molecule is O=C1CC/C(=C2/NC(=O)c3ccccc32)C(=O)C1. The van der Waals surface area contributed by atoms with Crippen LogP contribution in [0, 0.1) is 0 Å². The van der Waals surface area contributed by atoms with E-state index in [1.54, 1.807) is 12.1 Å². The fourth-order valence-electron chi connectivity index (χ4n) is 2.43. The first-order valence-electron chi connectivity index (χ1n) is 5.85. The molecule has 0 radical (unpaired) electrons. The van der Waals surface area contributed by atoms with E-state index in [0.717, 1.165) is 5.56 Å². The van der Waals surface area contributed by atoms with Crippen LogP contribution in [0.4, 0.5) is 0 Å². The molecule has 4 heteroatoms. The first-order valence-corrected chi connectivity index (χ1v) is 5.85. The van der Waals surface area contributed by atoms with Crippen LogP contribution in [0.25, 0.3) is 5.70 Å². The van der Waals surface area contributed by atoms with Crippen molar-refractivity contribution in [2.24, 2.45) is 0 Å². The van der Waals surface area contributed by atoms with Crippen LogP contribution in [0.1, 0.15) is 35.2 Å². The number of hydrogen-bond acceptors (Lipinski definition) is 3. The van der Waals surface area contributed by atoms with Crippen LogP contribution in [0.2, 0.25) is 0 Å². The van der Waals surface area contributed by atoms with E-state index in [1.807, 2.05) is 12.1 Å². The smallest absolute Gasteiger partial charge is 0.256 e. The fraction of sp³-hybridized carbons (Fsp3) is 0.214. The Balaban J connectivity index is 2.11. The van der Waals surface area contributed by atoms with Crippen LogP contribution in [0.15, 0.2) is 29.8 Å². The third-order valence-electron chi connectivity index (χ3n) is 3.33. The highest BCUT2D eigenvalue weighted by atomic mass is 16.2. The summed E-state index contributed by atoms with van der Waals surface area (Å²) in [6.07, 6.45) is 0.751. The Labute approximate surface area is 104 Å². The summed E-state index contributed by atoms with van der Waals surface area (Å²) in [5.74, 6) is -0.377. The lowest BCUT2D eigenvalue weighted by Gasteiger charge is -2.15. The number of carbonyl (C=O) groups is 3. The molecule has 1 aliphatic heterocycles. The monoisotopic (exact) mass is 241 g/mol. The van der Waals surface area contributed by atoms with Crippen LogP contribution >= 0.6 is 0 Å². The molecule has 0 aromatic heterocycles. The second kappa shape index (κ2) is 3.91. The third kappa shape index (κ3) is 1.57. The van der Waals surface area contributed by atoms with E-state index in [1.165, 1.54) is 0 Å². The molecule has 1 aromatic rings.